The fourth-order valence-corrected chi connectivity index (χ4v) is 5.16. The van der Waals surface area contributed by atoms with Crippen LogP contribution >= 0.6 is 0 Å². The van der Waals surface area contributed by atoms with Gasteiger partial charge in [-0.05, 0) is 38.5 Å². The number of rotatable bonds is 30. The number of amides is 1. The summed E-state index contributed by atoms with van der Waals surface area (Å²) in [5.74, 6) is -0.158. The molecule has 4 N–H and O–H groups in total. The number of unbranched alkanes of at least 4 members (excludes halogenated alkanes) is 20. The molecule has 0 aliphatic carbocycles. The third-order valence-corrected chi connectivity index (χ3v) is 7.87. The van der Waals surface area contributed by atoms with Gasteiger partial charge in [0.05, 0.1) is 18.8 Å². The smallest absolute Gasteiger partial charge is 0.220 e. The van der Waals surface area contributed by atoms with Gasteiger partial charge in [0.15, 0.2) is 0 Å². The maximum atomic E-state index is 12.3. The van der Waals surface area contributed by atoms with Gasteiger partial charge in [-0.25, -0.2) is 0 Å². The zero-order valence-electron chi connectivity index (χ0n) is 26.0. The van der Waals surface area contributed by atoms with Gasteiger partial charge in [0, 0.05) is 6.42 Å². The lowest BCUT2D eigenvalue weighted by molar-refractivity contribution is -0.124. The van der Waals surface area contributed by atoms with Crippen LogP contribution < -0.4 is 5.32 Å². The predicted octanol–water partition coefficient (Wildman–Crippen LogP) is 8.53. The molecule has 0 aliphatic rings. The van der Waals surface area contributed by atoms with Crippen LogP contribution in [0.15, 0.2) is 12.2 Å². The molecule has 0 bridgehead atoms. The molecule has 0 saturated heterocycles. The Hall–Kier alpha value is -0.910. The summed E-state index contributed by atoms with van der Waals surface area (Å²) in [6.45, 7) is 4.13. The molecule has 0 heterocycles. The number of carbonyl (C=O) groups is 1. The summed E-state index contributed by atoms with van der Waals surface area (Å²) in [6, 6.07) is -0.817. The number of hydrogen-bond donors (Lipinski definition) is 4. The van der Waals surface area contributed by atoms with Crippen LogP contribution in [0.25, 0.3) is 0 Å². The van der Waals surface area contributed by atoms with Crippen molar-refractivity contribution in [1.82, 2.24) is 5.32 Å². The van der Waals surface area contributed by atoms with Crippen LogP contribution in [0.4, 0.5) is 0 Å². The average Bonchev–Trinajstić information content (AvgIpc) is 2.94. The molecule has 232 valence electrons. The molecule has 0 saturated carbocycles. The van der Waals surface area contributed by atoms with Gasteiger partial charge in [-0.1, -0.05) is 142 Å². The summed E-state index contributed by atoms with van der Waals surface area (Å²) in [6.07, 6.45) is 31.6. The molecule has 3 unspecified atom stereocenters. The lowest BCUT2D eigenvalue weighted by Gasteiger charge is -2.26. The first kappa shape index (κ1) is 38.1. The lowest BCUT2D eigenvalue weighted by Crippen LogP contribution is -2.50. The molecule has 0 aromatic carbocycles. The monoisotopic (exact) mass is 554 g/mol. The van der Waals surface area contributed by atoms with Gasteiger partial charge in [-0.15, -0.1) is 0 Å². The lowest BCUT2D eigenvalue weighted by atomic mass is 10.0. The van der Waals surface area contributed by atoms with E-state index >= 15 is 0 Å². The van der Waals surface area contributed by atoms with E-state index in [4.69, 9.17) is 0 Å². The summed E-state index contributed by atoms with van der Waals surface area (Å²) >= 11 is 0. The molecule has 0 spiro atoms. The summed E-state index contributed by atoms with van der Waals surface area (Å²) in [4.78, 5) is 12.3. The summed E-state index contributed by atoms with van der Waals surface area (Å²) < 4.78 is 0. The average molecular weight is 554 g/mol. The van der Waals surface area contributed by atoms with Crippen molar-refractivity contribution in [3.05, 3.63) is 12.2 Å². The highest BCUT2D eigenvalue weighted by atomic mass is 16.3. The van der Waals surface area contributed by atoms with Crippen molar-refractivity contribution >= 4 is 5.91 Å². The van der Waals surface area contributed by atoms with E-state index in [-0.39, 0.29) is 12.5 Å². The molecule has 0 radical (unpaired) electrons. The first-order valence-corrected chi connectivity index (χ1v) is 17.0. The van der Waals surface area contributed by atoms with Crippen molar-refractivity contribution in [2.45, 2.75) is 193 Å². The Kier molecular flexibility index (Phi) is 29.4. The van der Waals surface area contributed by atoms with Crippen LogP contribution in [-0.2, 0) is 4.79 Å². The van der Waals surface area contributed by atoms with Crippen LogP contribution in [0.3, 0.4) is 0 Å². The van der Waals surface area contributed by atoms with Gasteiger partial charge in [-0.2, -0.15) is 0 Å². The fraction of sp³-hybridized carbons (Fsp3) is 0.912. The number of nitrogens with one attached hydrogen (secondary N) is 1. The van der Waals surface area contributed by atoms with Crippen molar-refractivity contribution in [3.8, 4) is 0 Å². The van der Waals surface area contributed by atoms with Crippen LogP contribution in [0.1, 0.15) is 174 Å². The summed E-state index contributed by atoms with van der Waals surface area (Å²) in [5.41, 5.74) is 0. The number of hydrogen-bond acceptors (Lipinski definition) is 4. The van der Waals surface area contributed by atoms with Gasteiger partial charge < -0.3 is 20.6 Å². The highest BCUT2D eigenvalue weighted by Gasteiger charge is 2.26. The molecular weight excluding hydrogens is 486 g/mol. The Morgan fingerprint density at radius 1 is 0.615 bits per heavy atom. The highest BCUT2D eigenvalue weighted by molar-refractivity contribution is 5.76. The molecule has 0 aromatic rings. The molecule has 0 fully saturated rings. The predicted molar refractivity (Wildman–Crippen MR) is 167 cm³/mol. The largest absolute Gasteiger partial charge is 0.394 e. The Morgan fingerprint density at radius 2 is 1.03 bits per heavy atom. The highest BCUT2D eigenvalue weighted by Crippen LogP contribution is 2.14. The zero-order valence-corrected chi connectivity index (χ0v) is 26.0. The van der Waals surface area contributed by atoms with E-state index in [9.17, 15) is 20.1 Å². The third-order valence-electron chi connectivity index (χ3n) is 7.87. The Bertz CT molecular complexity index is 539. The van der Waals surface area contributed by atoms with Gasteiger partial charge in [0.2, 0.25) is 5.91 Å². The van der Waals surface area contributed by atoms with E-state index < -0.39 is 18.2 Å². The topological polar surface area (TPSA) is 89.8 Å². The van der Waals surface area contributed by atoms with Crippen LogP contribution in [0.2, 0.25) is 0 Å². The second-order valence-corrected chi connectivity index (χ2v) is 11.7. The number of carbonyl (C=O) groups excluding carboxylic acids is 1. The second-order valence-electron chi connectivity index (χ2n) is 11.7. The third kappa shape index (κ3) is 25.8. The van der Waals surface area contributed by atoms with E-state index in [1.807, 2.05) is 0 Å². The minimum Gasteiger partial charge on any atom is -0.394 e. The number of aliphatic hydroxyl groups is 3. The van der Waals surface area contributed by atoms with Crippen LogP contribution in [0.5, 0.6) is 0 Å². The van der Waals surface area contributed by atoms with Crippen molar-refractivity contribution in [1.29, 1.82) is 0 Å². The fourth-order valence-electron chi connectivity index (χ4n) is 5.16. The normalized spacial score (nSPS) is 14.1. The molecule has 0 aromatic heterocycles. The van der Waals surface area contributed by atoms with Crippen molar-refractivity contribution in [2.24, 2.45) is 0 Å². The van der Waals surface area contributed by atoms with E-state index in [1.54, 1.807) is 0 Å². The quantitative estimate of drug-likeness (QED) is 0.0530. The molecular formula is C34H67NO4. The summed E-state index contributed by atoms with van der Waals surface area (Å²) in [5, 5.41) is 33.2. The maximum Gasteiger partial charge on any atom is 0.220 e. The van der Waals surface area contributed by atoms with E-state index in [2.05, 4.69) is 31.3 Å². The summed E-state index contributed by atoms with van der Waals surface area (Å²) in [7, 11) is 0. The SMILES string of the molecule is CCCCCCCCCCCC/C=C/CCCC(O)C(O)C(CO)NC(=O)CCCCCCCCCCCC. The standard InChI is InChI=1S/C34H67NO4/c1-3-5-7-9-11-13-15-16-17-18-19-20-22-24-26-28-32(37)34(39)31(30-36)35-33(38)29-27-25-23-21-14-12-10-8-6-4-2/h20,22,31-32,34,36-37,39H,3-19,21,23-30H2,1-2H3,(H,35,38)/b22-20+. The first-order chi connectivity index (χ1) is 19.1. The number of aliphatic hydroxyl groups excluding tert-OH is 3. The second kappa shape index (κ2) is 30.1. The maximum absolute atomic E-state index is 12.3. The molecule has 5 heteroatoms. The van der Waals surface area contributed by atoms with E-state index in [0.717, 1.165) is 38.5 Å². The molecule has 39 heavy (non-hydrogen) atoms. The Morgan fingerprint density at radius 3 is 1.49 bits per heavy atom. The van der Waals surface area contributed by atoms with Crippen LogP contribution in [0, 0.1) is 0 Å². The van der Waals surface area contributed by atoms with Crippen molar-refractivity contribution in [3.63, 3.8) is 0 Å². The van der Waals surface area contributed by atoms with Gasteiger partial charge in [0.25, 0.3) is 0 Å². The van der Waals surface area contributed by atoms with Gasteiger partial charge in [0.1, 0.15) is 6.10 Å². The van der Waals surface area contributed by atoms with Gasteiger partial charge in [-0.3, -0.25) is 4.79 Å². The zero-order chi connectivity index (χ0) is 28.8. The molecule has 3 atom stereocenters. The number of allylic oxidation sites excluding steroid dienone is 2. The molecule has 0 aliphatic heterocycles. The molecule has 0 rings (SSSR count). The Balaban J connectivity index is 3.76. The Labute approximate surface area is 242 Å². The minimum atomic E-state index is -1.15. The molecule has 1 amide bonds. The van der Waals surface area contributed by atoms with Crippen molar-refractivity contribution < 1.29 is 20.1 Å². The molecule has 5 nitrogen and oxygen atoms in total. The first-order valence-electron chi connectivity index (χ1n) is 17.0. The van der Waals surface area contributed by atoms with E-state index in [1.165, 1.54) is 109 Å². The van der Waals surface area contributed by atoms with Crippen LogP contribution in [-0.4, -0.2) is 46.1 Å². The minimum absolute atomic E-state index is 0.158. The van der Waals surface area contributed by atoms with Gasteiger partial charge >= 0.3 is 0 Å². The van der Waals surface area contributed by atoms with Crippen molar-refractivity contribution in [2.75, 3.05) is 6.61 Å². The van der Waals surface area contributed by atoms with E-state index in [0.29, 0.717) is 12.8 Å².